The molecule has 2 aromatic rings. The van der Waals surface area contributed by atoms with Crippen LogP contribution in [0.2, 0.25) is 0 Å². The minimum absolute atomic E-state index is 0. The number of nitrogens with two attached hydrogens (primary N) is 1. The highest BCUT2D eigenvalue weighted by atomic mass is 35.5. The third-order valence-corrected chi connectivity index (χ3v) is 5.80. The van der Waals surface area contributed by atoms with Crippen molar-refractivity contribution in [2.75, 3.05) is 6.54 Å². The number of benzene rings is 1. The zero-order chi connectivity index (χ0) is 16.5. The number of para-hydroxylation sites is 1. The van der Waals surface area contributed by atoms with Crippen molar-refractivity contribution >= 4 is 22.4 Å². The summed E-state index contributed by atoms with van der Waals surface area (Å²) in [6, 6.07) is 6.05. The Morgan fingerprint density at radius 3 is 2.58 bits per heavy atom. The van der Waals surface area contributed by atoms with Crippen LogP contribution in [0.1, 0.15) is 25.7 Å². The molecule has 1 saturated carbocycles. The van der Waals surface area contributed by atoms with Crippen LogP contribution in [0, 0.1) is 5.82 Å². The lowest BCUT2D eigenvalue weighted by molar-refractivity contribution is 0.399. The predicted molar refractivity (Wildman–Crippen MR) is 91.3 cm³/mol. The SMILES string of the molecule is Cl.NCC1(NS(=O)(=O)c2cnn(-c3ccccc3F)c2)CCCC1. The molecule has 1 aromatic carbocycles. The van der Waals surface area contributed by atoms with E-state index in [0.29, 0.717) is 0 Å². The van der Waals surface area contributed by atoms with Crippen LogP contribution >= 0.6 is 12.4 Å². The lowest BCUT2D eigenvalue weighted by Gasteiger charge is -2.27. The molecule has 0 aliphatic heterocycles. The minimum Gasteiger partial charge on any atom is -0.329 e. The maximum atomic E-state index is 13.8. The fourth-order valence-corrected chi connectivity index (χ4v) is 4.36. The summed E-state index contributed by atoms with van der Waals surface area (Å²) in [5.41, 5.74) is 5.39. The molecule has 0 amide bonds. The second-order valence-electron chi connectivity index (χ2n) is 5.87. The summed E-state index contributed by atoms with van der Waals surface area (Å²) in [5.74, 6) is -0.471. The molecular weight excluding hydrogens is 355 g/mol. The van der Waals surface area contributed by atoms with Crippen LogP contribution in [0.3, 0.4) is 0 Å². The Bertz CT molecular complexity index is 803. The molecule has 24 heavy (non-hydrogen) atoms. The van der Waals surface area contributed by atoms with Crippen LogP contribution in [0.15, 0.2) is 41.6 Å². The van der Waals surface area contributed by atoms with Gasteiger partial charge in [-0.2, -0.15) is 5.10 Å². The monoisotopic (exact) mass is 374 g/mol. The molecule has 0 unspecified atom stereocenters. The molecule has 1 aliphatic carbocycles. The number of hydrogen-bond acceptors (Lipinski definition) is 4. The average molecular weight is 375 g/mol. The zero-order valence-corrected chi connectivity index (χ0v) is 14.6. The smallest absolute Gasteiger partial charge is 0.244 e. The van der Waals surface area contributed by atoms with Crippen molar-refractivity contribution in [2.45, 2.75) is 36.1 Å². The molecule has 3 N–H and O–H groups in total. The summed E-state index contributed by atoms with van der Waals surface area (Å²) in [4.78, 5) is 0.000443. The van der Waals surface area contributed by atoms with E-state index in [9.17, 15) is 12.8 Å². The van der Waals surface area contributed by atoms with Crippen molar-refractivity contribution in [1.29, 1.82) is 0 Å². The van der Waals surface area contributed by atoms with Crippen LogP contribution in [0.4, 0.5) is 4.39 Å². The second kappa shape index (κ2) is 7.18. The highest BCUT2D eigenvalue weighted by molar-refractivity contribution is 7.89. The maximum Gasteiger partial charge on any atom is 0.244 e. The van der Waals surface area contributed by atoms with Gasteiger partial charge in [0.1, 0.15) is 16.4 Å². The molecule has 9 heteroatoms. The van der Waals surface area contributed by atoms with E-state index in [-0.39, 0.29) is 29.5 Å². The lowest BCUT2D eigenvalue weighted by Crippen LogP contribution is -2.51. The minimum atomic E-state index is -3.75. The standard InChI is InChI=1S/C15H19FN4O2S.ClH/c16-13-5-1-2-6-14(13)20-10-12(9-18-20)23(21,22)19-15(11-17)7-3-4-8-15;/h1-2,5-6,9-10,19H,3-4,7-8,11,17H2;1H. The normalized spacial score (nSPS) is 16.8. The van der Waals surface area contributed by atoms with E-state index in [1.165, 1.54) is 29.2 Å². The first-order chi connectivity index (χ1) is 11.0. The number of hydrogen-bond donors (Lipinski definition) is 2. The molecule has 1 aliphatic rings. The van der Waals surface area contributed by atoms with Gasteiger partial charge in [-0.1, -0.05) is 25.0 Å². The fraction of sp³-hybridized carbons (Fsp3) is 0.400. The number of nitrogens with zero attached hydrogens (tertiary/aromatic N) is 2. The van der Waals surface area contributed by atoms with Crippen LogP contribution in [0.5, 0.6) is 0 Å². The molecule has 0 bridgehead atoms. The number of sulfonamides is 1. The molecule has 1 fully saturated rings. The summed E-state index contributed by atoms with van der Waals surface area (Å²) in [6.45, 7) is 0.258. The van der Waals surface area contributed by atoms with Gasteiger partial charge in [0.15, 0.2) is 0 Å². The van der Waals surface area contributed by atoms with Gasteiger partial charge in [0.05, 0.1) is 12.4 Å². The summed E-state index contributed by atoms with van der Waals surface area (Å²) < 4.78 is 42.8. The molecule has 0 spiro atoms. The molecular formula is C15H20ClFN4O2S. The van der Waals surface area contributed by atoms with Gasteiger partial charge < -0.3 is 5.73 Å². The van der Waals surface area contributed by atoms with E-state index < -0.39 is 21.4 Å². The largest absolute Gasteiger partial charge is 0.329 e. The summed E-state index contributed by atoms with van der Waals surface area (Å²) >= 11 is 0. The Labute approximate surface area is 146 Å². The van der Waals surface area contributed by atoms with Gasteiger partial charge in [0, 0.05) is 12.1 Å². The molecule has 0 atom stereocenters. The van der Waals surface area contributed by atoms with Gasteiger partial charge in [-0.3, -0.25) is 0 Å². The van der Waals surface area contributed by atoms with Gasteiger partial charge in [0.2, 0.25) is 10.0 Å². The van der Waals surface area contributed by atoms with Crippen molar-refractivity contribution in [3.8, 4) is 5.69 Å². The van der Waals surface area contributed by atoms with Crippen molar-refractivity contribution in [1.82, 2.24) is 14.5 Å². The summed E-state index contributed by atoms with van der Waals surface area (Å²) in [7, 11) is -3.75. The predicted octanol–water partition coefficient (Wildman–Crippen LogP) is 1.98. The van der Waals surface area contributed by atoms with E-state index in [0.717, 1.165) is 25.7 Å². The Kier molecular flexibility index (Phi) is 5.64. The average Bonchev–Trinajstić information content (AvgIpc) is 3.17. The molecule has 1 heterocycles. The first-order valence-corrected chi connectivity index (χ1v) is 8.98. The van der Waals surface area contributed by atoms with Gasteiger partial charge in [-0.15, -0.1) is 12.4 Å². The number of rotatable bonds is 5. The van der Waals surface area contributed by atoms with Crippen LogP contribution in [0.25, 0.3) is 5.69 Å². The molecule has 6 nitrogen and oxygen atoms in total. The van der Waals surface area contributed by atoms with Crippen molar-refractivity contribution in [3.63, 3.8) is 0 Å². The first-order valence-electron chi connectivity index (χ1n) is 7.49. The summed E-state index contributed by atoms with van der Waals surface area (Å²) in [5, 5.41) is 3.96. The van der Waals surface area contributed by atoms with Crippen LogP contribution in [-0.4, -0.2) is 30.3 Å². The molecule has 0 radical (unpaired) electrons. The molecule has 0 saturated heterocycles. The van der Waals surface area contributed by atoms with E-state index in [2.05, 4.69) is 9.82 Å². The van der Waals surface area contributed by atoms with E-state index in [4.69, 9.17) is 5.73 Å². The van der Waals surface area contributed by atoms with Crippen molar-refractivity contribution in [2.24, 2.45) is 5.73 Å². The maximum absolute atomic E-state index is 13.8. The number of halogens is 2. The fourth-order valence-electron chi connectivity index (χ4n) is 2.96. The lowest BCUT2D eigenvalue weighted by atomic mass is 10.0. The van der Waals surface area contributed by atoms with Crippen LogP contribution in [-0.2, 0) is 10.0 Å². The third-order valence-electron chi connectivity index (χ3n) is 4.27. The van der Waals surface area contributed by atoms with Crippen LogP contribution < -0.4 is 10.5 Å². The quantitative estimate of drug-likeness (QED) is 0.837. The molecule has 3 rings (SSSR count). The topological polar surface area (TPSA) is 90.0 Å². The molecule has 1 aromatic heterocycles. The Hall–Kier alpha value is -1.48. The van der Waals surface area contributed by atoms with Gasteiger partial charge >= 0.3 is 0 Å². The van der Waals surface area contributed by atoms with Gasteiger partial charge in [-0.05, 0) is 25.0 Å². The van der Waals surface area contributed by atoms with E-state index in [1.54, 1.807) is 12.1 Å². The van der Waals surface area contributed by atoms with Gasteiger partial charge in [0.25, 0.3) is 0 Å². The Morgan fingerprint density at radius 1 is 1.29 bits per heavy atom. The molecule has 132 valence electrons. The zero-order valence-electron chi connectivity index (χ0n) is 13.0. The Morgan fingerprint density at radius 2 is 1.96 bits per heavy atom. The highest BCUT2D eigenvalue weighted by Gasteiger charge is 2.37. The third kappa shape index (κ3) is 3.61. The van der Waals surface area contributed by atoms with Crippen molar-refractivity contribution in [3.05, 3.63) is 42.5 Å². The van der Waals surface area contributed by atoms with E-state index in [1.807, 2.05) is 0 Å². The van der Waals surface area contributed by atoms with Crippen molar-refractivity contribution < 1.29 is 12.8 Å². The summed E-state index contributed by atoms with van der Waals surface area (Å²) in [6.07, 6.45) is 5.88. The second-order valence-corrected chi connectivity index (χ2v) is 7.55. The van der Waals surface area contributed by atoms with Gasteiger partial charge in [-0.25, -0.2) is 22.2 Å². The first kappa shape index (κ1) is 18.9. The number of nitrogens with one attached hydrogen (secondary N) is 1. The number of aromatic nitrogens is 2. The highest BCUT2D eigenvalue weighted by Crippen LogP contribution is 2.30. The Balaban J connectivity index is 0.00000208. The van der Waals surface area contributed by atoms with E-state index >= 15 is 0 Å².